The molecule has 7 heteroatoms. The molecule has 4 N–H and O–H groups in total. The third kappa shape index (κ3) is 2.45. The van der Waals surface area contributed by atoms with Gasteiger partial charge < -0.3 is 29.6 Å². The van der Waals surface area contributed by atoms with Crippen molar-refractivity contribution in [2.45, 2.75) is 6.42 Å². The van der Waals surface area contributed by atoms with Crippen molar-refractivity contribution >= 4 is 11.0 Å². The Morgan fingerprint density at radius 2 is 1.71 bits per heavy atom. The first-order valence-electron chi connectivity index (χ1n) is 6.97. The lowest BCUT2D eigenvalue weighted by Gasteiger charge is -2.09. The van der Waals surface area contributed by atoms with Crippen LogP contribution in [0.15, 0.2) is 39.5 Å². The molecule has 0 radical (unpaired) electrons. The normalized spacial score (nSPS) is 10.9. The topological polar surface area (TPSA) is 120 Å². The fourth-order valence-electron chi connectivity index (χ4n) is 2.43. The molecule has 0 amide bonds. The summed E-state index contributed by atoms with van der Waals surface area (Å²) in [5.41, 5.74) is -0.176. The number of benzene rings is 2. The minimum Gasteiger partial charge on any atom is -0.504 e. The molecule has 0 bridgehead atoms. The summed E-state index contributed by atoms with van der Waals surface area (Å²) in [6, 6.07) is 7.08. The van der Waals surface area contributed by atoms with Gasteiger partial charge in [0.05, 0.1) is 7.11 Å². The first-order chi connectivity index (χ1) is 11.4. The zero-order valence-electron chi connectivity index (χ0n) is 12.6. The minimum absolute atomic E-state index is 0.00895. The second-order valence-corrected chi connectivity index (χ2v) is 5.19. The van der Waals surface area contributed by atoms with Crippen LogP contribution in [0.1, 0.15) is 11.3 Å². The van der Waals surface area contributed by atoms with E-state index in [2.05, 4.69) is 0 Å². The Hall–Kier alpha value is -3.35. The van der Waals surface area contributed by atoms with Crippen LogP contribution in [-0.4, -0.2) is 27.5 Å². The van der Waals surface area contributed by atoms with Crippen molar-refractivity contribution in [1.82, 2.24) is 0 Å². The van der Waals surface area contributed by atoms with Crippen molar-refractivity contribution in [2.24, 2.45) is 0 Å². The Kier molecular flexibility index (Phi) is 3.69. The van der Waals surface area contributed by atoms with E-state index < -0.39 is 22.7 Å². The van der Waals surface area contributed by atoms with E-state index in [1.807, 2.05) is 0 Å². The summed E-state index contributed by atoms with van der Waals surface area (Å²) in [6.45, 7) is 0. The van der Waals surface area contributed by atoms with Gasteiger partial charge in [0.25, 0.3) is 0 Å². The van der Waals surface area contributed by atoms with Crippen LogP contribution in [0.2, 0.25) is 0 Å². The molecule has 3 rings (SSSR count). The number of phenolic OH excluding ortho intramolecular Hbond substituents is 3. The summed E-state index contributed by atoms with van der Waals surface area (Å²) in [7, 11) is 1.40. The van der Waals surface area contributed by atoms with Gasteiger partial charge in [-0.25, -0.2) is 0 Å². The first-order valence-corrected chi connectivity index (χ1v) is 6.97. The van der Waals surface area contributed by atoms with E-state index in [9.17, 15) is 25.2 Å². The molecule has 1 heterocycles. The fourth-order valence-corrected chi connectivity index (χ4v) is 2.43. The number of ether oxygens (including phenoxy) is 1. The van der Waals surface area contributed by atoms with Crippen LogP contribution in [0.25, 0.3) is 11.0 Å². The van der Waals surface area contributed by atoms with Crippen LogP contribution in [-0.2, 0) is 6.42 Å². The van der Waals surface area contributed by atoms with Crippen LogP contribution in [0, 0.1) is 0 Å². The lowest BCUT2D eigenvalue weighted by Crippen LogP contribution is -2.05. The van der Waals surface area contributed by atoms with E-state index in [1.165, 1.54) is 25.3 Å². The predicted molar refractivity (Wildman–Crippen MR) is 84.9 cm³/mol. The van der Waals surface area contributed by atoms with Crippen molar-refractivity contribution in [3.63, 3.8) is 0 Å². The average molecular weight is 330 g/mol. The fraction of sp³-hybridized carbons (Fsp3) is 0.118. The third-order valence-electron chi connectivity index (χ3n) is 3.67. The SMILES string of the molecule is COc1cc(Cc2oc3ccc(O)c(O)c3c(=O)c2O)ccc1O. The minimum atomic E-state index is -0.842. The van der Waals surface area contributed by atoms with E-state index in [4.69, 9.17) is 9.15 Å². The molecule has 0 spiro atoms. The van der Waals surface area contributed by atoms with Crippen LogP contribution in [0.4, 0.5) is 0 Å². The molecule has 124 valence electrons. The van der Waals surface area contributed by atoms with E-state index in [1.54, 1.807) is 12.1 Å². The number of rotatable bonds is 3. The summed E-state index contributed by atoms with van der Waals surface area (Å²) < 4.78 is 10.5. The standard InChI is InChI=1S/C17H14O7/c1-23-12-6-8(2-3-9(12)18)7-13-16(21)17(22)14-11(24-13)5-4-10(19)15(14)20/h2-6,18-21H,7H2,1H3. The highest BCUT2D eigenvalue weighted by atomic mass is 16.5. The first kappa shape index (κ1) is 15.5. The second kappa shape index (κ2) is 5.69. The zero-order valence-corrected chi connectivity index (χ0v) is 12.6. The molecule has 0 aliphatic carbocycles. The Labute approximate surface area is 135 Å². The molecule has 2 aromatic carbocycles. The molecule has 24 heavy (non-hydrogen) atoms. The monoisotopic (exact) mass is 330 g/mol. The van der Waals surface area contributed by atoms with Gasteiger partial charge in [0.15, 0.2) is 28.8 Å². The van der Waals surface area contributed by atoms with Crippen molar-refractivity contribution in [3.05, 3.63) is 51.9 Å². The van der Waals surface area contributed by atoms with Gasteiger partial charge in [-0.15, -0.1) is 0 Å². The zero-order chi connectivity index (χ0) is 17.4. The molecule has 1 aromatic heterocycles. The van der Waals surface area contributed by atoms with Gasteiger partial charge in [-0.2, -0.15) is 0 Å². The Bertz CT molecular complexity index is 988. The van der Waals surface area contributed by atoms with Crippen molar-refractivity contribution < 1.29 is 29.6 Å². The quantitative estimate of drug-likeness (QED) is 0.543. The number of methoxy groups -OCH3 is 1. The Morgan fingerprint density at radius 1 is 1.00 bits per heavy atom. The molecule has 0 saturated carbocycles. The highest BCUT2D eigenvalue weighted by Gasteiger charge is 2.19. The van der Waals surface area contributed by atoms with Gasteiger partial charge in [0, 0.05) is 6.42 Å². The molecule has 3 aromatic rings. The maximum atomic E-state index is 12.2. The summed E-state index contributed by atoms with van der Waals surface area (Å²) >= 11 is 0. The van der Waals surface area contributed by atoms with Gasteiger partial charge >= 0.3 is 0 Å². The molecule has 0 atom stereocenters. The lowest BCUT2D eigenvalue weighted by molar-refractivity contribution is 0.372. The van der Waals surface area contributed by atoms with Crippen LogP contribution in [0.5, 0.6) is 28.7 Å². The average Bonchev–Trinajstić information content (AvgIpc) is 2.57. The number of fused-ring (bicyclic) bond motifs is 1. The maximum absolute atomic E-state index is 12.2. The van der Waals surface area contributed by atoms with Crippen LogP contribution in [0.3, 0.4) is 0 Å². The number of hydrogen-bond donors (Lipinski definition) is 4. The van der Waals surface area contributed by atoms with Crippen molar-refractivity contribution in [2.75, 3.05) is 7.11 Å². The summed E-state index contributed by atoms with van der Waals surface area (Å²) in [5, 5.41) is 38.6. The Balaban J connectivity index is 2.13. The lowest BCUT2D eigenvalue weighted by atomic mass is 10.1. The largest absolute Gasteiger partial charge is 0.504 e. The summed E-state index contributed by atoms with van der Waals surface area (Å²) in [5.74, 6) is -1.58. The van der Waals surface area contributed by atoms with Crippen molar-refractivity contribution in [1.29, 1.82) is 0 Å². The molecule has 0 unspecified atom stereocenters. The predicted octanol–water partition coefficient (Wildman–Crippen LogP) is 2.21. The molecule has 0 fully saturated rings. The van der Waals surface area contributed by atoms with E-state index in [0.717, 1.165) is 0 Å². The third-order valence-corrected chi connectivity index (χ3v) is 3.67. The smallest absolute Gasteiger partial charge is 0.238 e. The summed E-state index contributed by atoms with van der Waals surface area (Å²) in [4.78, 5) is 12.2. The number of phenols is 3. The highest BCUT2D eigenvalue weighted by Crippen LogP contribution is 2.34. The van der Waals surface area contributed by atoms with Crippen LogP contribution >= 0.6 is 0 Å². The van der Waals surface area contributed by atoms with Crippen LogP contribution < -0.4 is 10.2 Å². The van der Waals surface area contributed by atoms with Crippen molar-refractivity contribution in [3.8, 4) is 28.7 Å². The maximum Gasteiger partial charge on any atom is 0.238 e. The molecule has 0 saturated heterocycles. The number of aromatic hydroxyl groups is 4. The number of hydrogen-bond acceptors (Lipinski definition) is 7. The van der Waals surface area contributed by atoms with Gasteiger partial charge in [-0.1, -0.05) is 6.07 Å². The molecule has 0 aliphatic heterocycles. The molecular weight excluding hydrogens is 316 g/mol. The van der Waals surface area contributed by atoms with Gasteiger partial charge in [0.2, 0.25) is 11.2 Å². The summed E-state index contributed by atoms with van der Waals surface area (Å²) in [6.07, 6.45) is 0.0648. The Morgan fingerprint density at radius 3 is 2.42 bits per heavy atom. The molecular formula is C17H14O7. The van der Waals surface area contributed by atoms with E-state index in [0.29, 0.717) is 5.56 Å². The van der Waals surface area contributed by atoms with E-state index in [-0.39, 0.29) is 34.6 Å². The molecule has 7 nitrogen and oxygen atoms in total. The van der Waals surface area contributed by atoms with Gasteiger partial charge in [-0.05, 0) is 29.8 Å². The molecule has 0 aliphatic rings. The highest BCUT2D eigenvalue weighted by molar-refractivity contribution is 5.86. The van der Waals surface area contributed by atoms with Gasteiger partial charge in [0.1, 0.15) is 11.0 Å². The second-order valence-electron chi connectivity index (χ2n) is 5.19. The van der Waals surface area contributed by atoms with E-state index >= 15 is 0 Å². The van der Waals surface area contributed by atoms with Gasteiger partial charge in [-0.3, -0.25) is 4.79 Å².